The molecule has 2 aromatic rings. The van der Waals surface area contributed by atoms with Gasteiger partial charge in [-0.05, 0) is 47.2 Å². The number of hydrogen-bond acceptors (Lipinski definition) is 2. The molecule has 1 aromatic heterocycles. The fourth-order valence-corrected chi connectivity index (χ4v) is 3.32. The van der Waals surface area contributed by atoms with Crippen LogP contribution in [0, 0.1) is 6.92 Å². The van der Waals surface area contributed by atoms with Gasteiger partial charge in [-0.25, -0.2) is 0 Å². The molecule has 0 saturated carbocycles. The second-order valence-electron chi connectivity index (χ2n) is 4.81. The minimum Gasteiger partial charge on any atom is -0.310 e. The van der Waals surface area contributed by atoms with Gasteiger partial charge in [-0.1, -0.05) is 35.8 Å². The lowest BCUT2D eigenvalue weighted by Crippen LogP contribution is -2.21. The fourth-order valence-electron chi connectivity index (χ4n) is 1.84. The maximum atomic E-state index is 3.51. The van der Waals surface area contributed by atoms with E-state index in [2.05, 4.69) is 71.7 Å². The van der Waals surface area contributed by atoms with Crippen LogP contribution < -0.4 is 5.32 Å². The lowest BCUT2D eigenvalue weighted by atomic mass is 10.1. The largest absolute Gasteiger partial charge is 0.310 e. The number of rotatable bonds is 4. The van der Waals surface area contributed by atoms with Crippen molar-refractivity contribution in [1.29, 1.82) is 0 Å². The van der Waals surface area contributed by atoms with Crippen molar-refractivity contribution in [2.75, 3.05) is 0 Å². The van der Waals surface area contributed by atoms with Gasteiger partial charge in [0.15, 0.2) is 0 Å². The van der Waals surface area contributed by atoms with E-state index >= 15 is 0 Å². The highest BCUT2D eigenvalue weighted by Crippen LogP contribution is 2.31. The van der Waals surface area contributed by atoms with Crippen molar-refractivity contribution >= 4 is 27.3 Å². The highest BCUT2D eigenvalue weighted by molar-refractivity contribution is 9.10. The van der Waals surface area contributed by atoms with E-state index in [-0.39, 0.29) is 0 Å². The van der Waals surface area contributed by atoms with Crippen LogP contribution in [0.25, 0.3) is 10.4 Å². The van der Waals surface area contributed by atoms with Crippen LogP contribution >= 0.6 is 27.3 Å². The summed E-state index contributed by atoms with van der Waals surface area (Å²) in [5, 5.41) is 5.69. The summed E-state index contributed by atoms with van der Waals surface area (Å²) in [5.41, 5.74) is 4.01. The van der Waals surface area contributed by atoms with E-state index in [0.29, 0.717) is 6.04 Å². The van der Waals surface area contributed by atoms with Crippen molar-refractivity contribution in [3.8, 4) is 10.4 Å². The molecular weight excluding hydrogens is 306 g/mol. The molecule has 1 N–H and O–H groups in total. The molecule has 0 bridgehead atoms. The SMILES string of the molecule is Cc1cc(Br)ccc1-c1cc(CNC(C)C)cs1. The Kier molecular flexibility index (Phi) is 4.60. The van der Waals surface area contributed by atoms with Gasteiger partial charge in [0, 0.05) is 21.9 Å². The minimum absolute atomic E-state index is 0.530. The van der Waals surface area contributed by atoms with E-state index < -0.39 is 0 Å². The van der Waals surface area contributed by atoms with Crippen LogP contribution in [-0.4, -0.2) is 6.04 Å². The van der Waals surface area contributed by atoms with Crippen molar-refractivity contribution in [3.05, 3.63) is 45.2 Å². The normalized spacial score (nSPS) is 11.2. The molecule has 0 saturated heterocycles. The standard InChI is InChI=1S/C15H18BrNS/c1-10(2)17-8-12-7-15(18-9-12)14-5-4-13(16)6-11(14)3/h4-7,9-10,17H,8H2,1-3H3. The van der Waals surface area contributed by atoms with Crippen LogP contribution in [0.4, 0.5) is 0 Å². The summed E-state index contributed by atoms with van der Waals surface area (Å²) in [7, 11) is 0. The van der Waals surface area contributed by atoms with Gasteiger partial charge < -0.3 is 5.32 Å². The third-order valence-corrected chi connectivity index (χ3v) is 4.33. The third-order valence-electron chi connectivity index (χ3n) is 2.82. The fraction of sp³-hybridized carbons (Fsp3) is 0.333. The molecule has 2 rings (SSSR count). The maximum absolute atomic E-state index is 3.51. The summed E-state index contributed by atoms with van der Waals surface area (Å²) in [6, 6.07) is 9.28. The number of thiophene rings is 1. The zero-order chi connectivity index (χ0) is 13.1. The lowest BCUT2D eigenvalue weighted by molar-refractivity contribution is 0.590. The topological polar surface area (TPSA) is 12.0 Å². The molecule has 0 aliphatic carbocycles. The summed E-state index contributed by atoms with van der Waals surface area (Å²) in [5.74, 6) is 0. The number of hydrogen-bond donors (Lipinski definition) is 1. The molecule has 0 amide bonds. The van der Waals surface area contributed by atoms with Gasteiger partial charge in [0.1, 0.15) is 0 Å². The first kappa shape index (κ1) is 13.8. The van der Waals surface area contributed by atoms with Crippen LogP contribution in [-0.2, 0) is 6.54 Å². The van der Waals surface area contributed by atoms with Crippen LogP contribution in [0.2, 0.25) is 0 Å². The van der Waals surface area contributed by atoms with Crippen LogP contribution in [0.5, 0.6) is 0 Å². The molecule has 96 valence electrons. The molecule has 0 aliphatic rings. The van der Waals surface area contributed by atoms with E-state index in [0.717, 1.165) is 11.0 Å². The van der Waals surface area contributed by atoms with Crippen molar-refractivity contribution in [1.82, 2.24) is 5.32 Å². The summed E-state index contributed by atoms with van der Waals surface area (Å²) in [4.78, 5) is 1.35. The number of aryl methyl sites for hydroxylation is 1. The van der Waals surface area contributed by atoms with E-state index in [4.69, 9.17) is 0 Å². The molecule has 1 aromatic carbocycles. The van der Waals surface area contributed by atoms with Crippen molar-refractivity contribution in [2.24, 2.45) is 0 Å². The van der Waals surface area contributed by atoms with E-state index in [1.165, 1.54) is 21.6 Å². The summed E-state index contributed by atoms with van der Waals surface area (Å²) in [6.45, 7) is 7.45. The number of benzene rings is 1. The van der Waals surface area contributed by atoms with Crippen LogP contribution in [0.15, 0.2) is 34.1 Å². The molecule has 0 unspecified atom stereocenters. The molecule has 0 aliphatic heterocycles. The van der Waals surface area contributed by atoms with Crippen molar-refractivity contribution in [3.63, 3.8) is 0 Å². The van der Waals surface area contributed by atoms with Gasteiger partial charge in [0.25, 0.3) is 0 Å². The Balaban J connectivity index is 2.18. The number of nitrogens with one attached hydrogen (secondary N) is 1. The monoisotopic (exact) mass is 323 g/mol. The molecule has 18 heavy (non-hydrogen) atoms. The van der Waals surface area contributed by atoms with Gasteiger partial charge >= 0.3 is 0 Å². The number of halogens is 1. The van der Waals surface area contributed by atoms with Gasteiger partial charge in [-0.2, -0.15) is 0 Å². The average Bonchev–Trinajstić information content (AvgIpc) is 2.75. The highest BCUT2D eigenvalue weighted by atomic mass is 79.9. The molecule has 0 fully saturated rings. The molecule has 3 heteroatoms. The smallest absolute Gasteiger partial charge is 0.0348 e. The molecule has 0 atom stereocenters. The highest BCUT2D eigenvalue weighted by Gasteiger charge is 2.06. The Morgan fingerprint density at radius 2 is 2.06 bits per heavy atom. The van der Waals surface area contributed by atoms with Gasteiger partial charge in [0.05, 0.1) is 0 Å². The van der Waals surface area contributed by atoms with Crippen LogP contribution in [0.3, 0.4) is 0 Å². The maximum Gasteiger partial charge on any atom is 0.0348 e. The Hall–Kier alpha value is -0.640. The summed E-state index contributed by atoms with van der Waals surface area (Å²) < 4.78 is 1.14. The Labute approximate surface area is 121 Å². The van der Waals surface area contributed by atoms with Crippen LogP contribution in [0.1, 0.15) is 25.0 Å². The molecule has 1 heterocycles. The summed E-state index contributed by atoms with van der Waals surface area (Å²) in [6.07, 6.45) is 0. The van der Waals surface area contributed by atoms with E-state index in [1.807, 2.05) is 11.3 Å². The predicted molar refractivity (Wildman–Crippen MR) is 84.2 cm³/mol. The van der Waals surface area contributed by atoms with Gasteiger partial charge in [0.2, 0.25) is 0 Å². The Bertz CT molecular complexity index is 531. The zero-order valence-electron chi connectivity index (χ0n) is 11.0. The Morgan fingerprint density at radius 3 is 2.72 bits per heavy atom. The summed E-state index contributed by atoms with van der Waals surface area (Å²) >= 11 is 5.33. The molecular formula is C15H18BrNS. The first-order chi connectivity index (χ1) is 8.56. The quantitative estimate of drug-likeness (QED) is 0.836. The molecule has 0 radical (unpaired) electrons. The lowest BCUT2D eigenvalue weighted by Gasteiger charge is -2.06. The molecule has 1 nitrogen and oxygen atoms in total. The Morgan fingerprint density at radius 1 is 1.28 bits per heavy atom. The second-order valence-corrected chi connectivity index (χ2v) is 6.64. The van der Waals surface area contributed by atoms with Gasteiger partial charge in [-0.15, -0.1) is 11.3 Å². The second kappa shape index (κ2) is 6.00. The first-order valence-corrected chi connectivity index (χ1v) is 7.81. The van der Waals surface area contributed by atoms with E-state index in [9.17, 15) is 0 Å². The predicted octanol–water partition coefficient (Wildman–Crippen LogP) is 4.98. The van der Waals surface area contributed by atoms with Gasteiger partial charge in [-0.3, -0.25) is 0 Å². The first-order valence-electron chi connectivity index (χ1n) is 6.13. The van der Waals surface area contributed by atoms with Crippen molar-refractivity contribution in [2.45, 2.75) is 33.4 Å². The average molecular weight is 324 g/mol. The third kappa shape index (κ3) is 3.44. The van der Waals surface area contributed by atoms with E-state index in [1.54, 1.807) is 0 Å². The van der Waals surface area contributed by atoms with Crippen molar-refractivity contribution < 1.29 is 0 Å². The molecule has 0 spiro atoms. The minimum atomic E-state index is 0.530. The zero-order valence-corrected chi connectivity index (χ0v) is 13.4.